The van der Waals surface area contributed by atoms with E-state index in [1.807, 2.05) is 6.08 Å². The molecule has 0 saturated carbocycles. The van der Waals surface area contributed by atoms with Crippen LogP contribution in [0.5, 0.6) is 0 Å². The molecular formula is C19H21N2O2+. The molecule has 0 fully saturated rings. The van der Waals surface area contributed by atoms with Crippen LogP contribution in [0.2, 0.25) is 0 Å². The van der Waals surface area contributed by atoms with E-state index in [9.17, 15) is 10.1 Å². The molecule has 1 unspecified atom stereocenters. The number of likely N-dealkylation sites (N-methyl/N-ethyl adjacent to an activating group) is 1. The van der Waals surface area contributed by atoms with Crippen molar-refractivity contribution in [1.82, 2.24) is 4.48 Å². The van der Waals surface area contributed by atoms with E-state index in [0.717, 1.165) is 16.6 Å². The smallest absolute Gasteiger partial charge is 0.266 e. The summed E-state index contributed by atoms with van der Waals surface area (Å²) in [4.78, 5) is 10.3. The quantitative estimate of drug-likeness (QED) is 0.476. The van der Waals surface area contributed by atoms with Crippen LogP contribution in [0.25, 0.3) is 6.08 Å². The summed E-state index contributed by atoms with van der Waals surface area (Å²) in [5, 5.41) is 10.7. The molecule has 4 nitrogen and oxygen atoms in total. The fourth-order valence-electron chi connectivity index (χ4n) is 3.57. The summed E-state index contributed by atoms with van der Waals surface area (Å²) >= 11 is 0. The lowest BCUT2D eigenvalue weighted by Crippen LogP contribution is -2.41. The van der Waals surface area contributed by atoms with E-state index in [0.29, 0.717) is 0 Å². The minimum Gasteiger partial charge on any atom is -0.266 e. The Kier molecular flexibility index (Phi) is 3.57. The van der Waals surface area contributed by atoms with Crippen molar-refractivity contribution in [3.05, 3.63) is 76.0 Å². The number of para-hydroxylation sites is 1. The minimum absolute atomic E-state index is 0.121. The Hall–Kier alpha value is -2.46. The first-order chi connectivity index (χ1) is 10.8. The molecule has 2 aromatic carbocycles. The summed E-state index contributed by atoms with van der Waals surface area (Å²) < 4.78 is 0.736. The van der Waals surface area contributed by atoms with Crippen molar-refractivity contribution in [3.8, 4) is 0 Å². The minimum atomic E-state index is -0.374. The topological polar surface area (TPSA) is 43.1 Å². The number of non-ortho nitro benzene ring substituents is 1. The van der Waals surface area contributed by atoms with E-state index < -0.39 is 0 Å². The first-order valence-corrected chi connectivity index (χ1v) is 7.71. The maximum atomic E-state index is 10.7. The highest BCUT2D eigenvalue weighted by molar-refractivity contribution is 5.63. The average molecular weight is 309 g/mol. The molecule has 1 aliphatic heterocycles. The molecule has 0 amide bonds. The Morgan fingerprint density at radius 2 is 1.78 bits per heavy atom. The maximum absolute atomic E-state index is 10.7. The van der Waals surface area contributed by atoms with Gasteiger partial charge in [-0.2, -0.15) is 0 Å². The van der Waals surface area contributed by atoms with Crippen LogP contribution >= 0.6 is 0 Å². The van der Waals surface area contributed by atoms with Crippen molar-refractivity contribution in [1.29, 1.82) is 0 Å². The summed E-state index contributed by atoms with van der Waals surface area (Å²) in [5.74, 6) is 0. The third-order valence-corrected chi connectivity index (χ3v) is 4.61. The monoisotopic (exact) mass is 309 g/mol. The van der Waals surface area contributed by atoms with Gasteiger partial charge in [-0.3, -0.25) is 14.6 Å². The predicted molar refractivity (Wildman–Crippen MR) is 94.2 cm³/mol. The Morgan fingerprint density at radius 1 is 1.13 bits per heavy atom. The highest BCUT2D eigenvalue weighted by atomic mass is 16.6. The van der Waals surface area contributed by atoms with Crippen molar-refractivity contribution in [3.63, 3.8) is 0 Å². The molecule has 0 spiro atoms. The fraction of sp³-hybridized carbons (Fsp3) is 0.263. The van der Waals surface area contributed by atoms with E-state index in [4.69, 9.17) is 0 Å². The maximum Gasteiger partial charge on any atom is 0.269 e. The molecule has 0 N–H and O–H groups in total. The molecule has 2 aromatic rings. The van der Waals surface area contributed by atoms with Crippen LogP contribution in [0, 0.1) is 10.1 Å². The lowest BCUT2D eigenvalue weighted by atomic mass is 9.87. The molecule has 23 heavy (non-hydrogen) atoms. The van der Waals surface area contributed by atoms with Gasteiger partial charge < -0.3 is 0 Å². The van der Waals surface area contributed by atoms with Crippen molar-refractivity contribution in [2.45, 2.75) is 19.3 Å². The first-order valence-electron chi connectivity index (χ1n) is 7.71. The van der Waals surface area contributed by atoms with Gasteiger partial charge in [-0.1, -0.05) is 32.0 Å². The third-order valence-electron chi connectivity index (χ3n) is 4.61. The molecule has 4 heteroatoms. The average Bonchev–Trinajstić information content (AvgIpc) is 2.73. The Bertz CT molecular complexity index is 778. The molecule has 1 atom stereocenters. The Labute approximate surface area is 136 Å². The van der Waals surface area contributed by atoms with Gasteiger partial charge >= 0.3 is 0 Å². The second-order valence-corrected chi connectivity index (χ2v) is 6.99. The summed E-state index contributed by atoms with van der Waals surface area (Å²) in [7, 11) is 2.20. The van der Waals surface area contributed by atoms with Crippen LogP contribution < -0.4 is 4.48 Å². The van der Waals surface area contributed by atoms with Crippen LogP contribution in [0.3, 0.4) is 0 Å². The van der Waals surface area contributed by atoms with Crippen molar-refractivity contribution in [2.75, 3.05) is 13.6 Å². The number of quaternary nitrogens is 1. The number of hydrogen-bond acceptors (Lipinski definition) is 2. The van der Waals surface area contributed by atoms with Gasteiger partial charge in [0.25, 0.3) is 5.69 Å². The summed E-state index contributed by atoms with van der Waals surface area (Å²) in [6.07, 6.45) is 4.22. The normalized spacial score (nSPS) is 22.2. The van der Waals surface area contributed by atoms with Gasteiger partial charge in [0.15, 0.2) is 0 Å². The van der Waals surface area contributed by atoms with Gasteiger partial charge in [-0.25, -0.2) is 0 Å². The van der Waals surface area contributed by atoms with E-state index in [1.54, 1.807) is 24.3 Å². The van der Waals surface area contributed by atoms with Crippen molar-refractivity contribution < 1.29 is 4.92 Å². The fourth-order valence-corrected chi connectivity index (χ4v) is 3.57. The highest BCUT2D eigenvalue weighted by Gasteiger charge is 2.44. The number of fused-ring (bicyclic) bond motifs is 1. The third kappa shape index (κ3) is 2.78. The van der Waals surface area contributed by atoms with Gasteiger partial charge in [0.2, 0.25) is 0 Å². The van der Waals surface area contributed by atoms with Gasteiger partial charge in [-0.05, 0) is 29.8 Å². The van der Waals surface area contributed by atoms with Crippen molar-refractivity contribution >= 4 is 17.5 Å². The Morgan fingerprint density at radius 3 is 2.43 bits per heavy atom. The molecule has 0 bridgehead atoms. The molecule has 0 saturated heterocycles. The van der Waals surface area contributed by atoms with Crippen LogP contribution in [0.15, 0.2) is 54.7 Å². The van der Waals surface area contributed by atoms with Gasteiger partial charge in [0.1, 0.15) is 11.9 Å². The van der Waals surface area contributed by atoms with Gasteiger partial charge in [0.05, 0.1) is 18.5 Å². The highest BCUT2D eigenvalue weighted by Crippen LogP contribution is 2.44. The molecule has 1 heterocycles. The SMILES string of the molecule is CC1(C)C[N+](C)(C=Cc2ccc([N+](=O)[O-])cc2)c2ccccc21. The lowest BCUT2D eigenvalue weighted by Gasteiger charge is -2.27. The van der Waals surface area contributed by atoms with Crippen LogP contribution in [-0.2, 0) is 5.41 Å². The first kappa shape index (κ1) is 15.4. The molecule has 0 radical (unpaired) electrons. The molecular weight excluding hydrogens is 288 g/mol. The standard InChI is InChI=1S/C19H21N2O2/c1-19(2)14-21(3,18-7-5-4-6-17(18)19)13-12-15-8-10-16(11-9-15)20(22)23/h4-13H,14H2,1-3H3/q+1. The number of rotatable bonds is 3. The molecule has 3 rings (SSSR count). The second-order valence-electron chi connectivity index (χ2n) is 6.99. The summed E-state index contributed by atoms with van der Waals surface area (Å²) in [5.41, 5.74) is 3.92. The molecule has 1 aliphatic rings. The number of hydrogen-bond donors (Lipinski definition) is 0. The van der Waals surface area contributed by atoms with E-state index in [-0.39, 0.29) is 16.0 Å². The van der Waals surface area contributed by atoms with Gasteiger partial charge in [0, 0.05) is 23.1 Å². The molecule has 118 valence electrons. The number of benzene rings is 2. The molecule has 0 aliphatic carbocycles. The second kappa shape index (κ2) is 5.32. The number of nitro groups is 1. The van der Waals surface area contributed by atoms with E-state index in [2.05, 4.69) is 51.4 Å². The zero-order valence-electron chi connectivity index (χ0n) is 13.7. The summed E-state index contributed by atoms with van der Waals surface area (Å²) in [6, 6.07) is 15.2. The van der Waals surface area contributed by atoms with E-state index >= 15 is 0 Å². The van der Waals surface area contributed by atoms with Crippen LogP contribution in [0.4, 0.5) is 11.4 Å². The molecule has 0 aromatic heterocycles. The number of nitro benzene ring substituents is 1. The lowest BCUT2D eigenvalue weighted by molar-refractivity contribution is -0.384. The van der Waals surface area contributed by atoms with E-state index in [1.165, 1.54) is 11.3 Å². The van der Waals surface area contributed by atoms with Gasteiger partial charge in [-0.15, -0.1) is 0 Å². The van der Waals surface area contributed by atoms with Crippen LogP contribution in [-0.4, -0.2) is 18.5 Å². The number of nitrogens with zero attached hydrogens (tertiary/aromatic N) is 2. The van der Waals surface area contributed by atoms with Crippen LogP contribution in [0.1, 0.15) is 25.0 Å². The van der Waals surface area contributed by atoms with Crippen molar-refractivity contribution in [2.24, 2.45) is 0 Å². The zero-order chi connectivity index (χ0) is 16.7. The predicted octanol–water partition coefficient (Wildman–Crippen LogP) is 4.49. The summed E-state index contributed by atoms with van der Waals surface area (Å²) in [6.45, 7) is 5.54. The zero-order valence-corrected chi connectivity index (χ0v) is 13.7. The largest absolute Gasteiger partial charge is 0.269 e. The Balaban J connectivity index is 1.92.